The van der Waals surface area contributed by atoms with Crippen molar-refractivity contribution in [1.29, 1.82) is 0 Å². The third-order valence-corrected chi connectivity index (χ3v) is 9.93. The first-order chi connectivity index (χ1) is 22.1. The summed E-state index contributed by atoms with van der Waals surface area (Å²) in [6.07, 6.45) is -10.5. The van der Waals surface area contributed by atoms with Crippen molar-refractivity contribution >= 4 is 5.97 Å². The second-order valence-electron chi connectivity index (χ2n) is 12.6. The summed E-state index contributed by atoms with van der Waals surface area (Å²) in [5, 5.41) is 80.6. The fraction of sp³-hybridized carbons (Fsp3) is 0.559. The number of esters is 1. The Morgan fingerprint density at radius 1 is 0.739 bits per heavy atom. The molecule has 3 fully saturated rings. The minimum Gasteiger partial charge on any atom is -0.466 e. The molecular weight excluding hydrogens is 600 g/mol. The highest BCUT2D eigenvalue weighted by atomic mass is 16.6. The molecule has 3 heterocycles. The van der Waals surface area contributed by atoms with E-state index in [1.165, 1.54) is 0 Å². The van der Waals surface area contributed by atoms with Crippen LogP contribution in [0.4, 0.5) is 0 Å². The summed E-state index contributed by atoms with van der Waals surface area (Å²) < 4.78 is 16.7. The Hall–Kier alpha value is -2.93. The number of carbonyl (C=O) groups excluding carboxylic acids is 1. The van der Waals surface area contributed by atoms with Gasteiger partial charge in [-0.15, -0.1) is 0 Å². The second kappa shape index (κ2) is 13.3. The van der Waals surface area contributed by atoms with E-state index in [2.05, 4.69) is 17.9 Å². The molecular formula is C34H40O12. The molecule has 0 amide bonds. The topological polar surface area (TPSA) is 207 Å². The smallest absolute Gasteiger partial charge is 0.305 e. The molecule has 8 N–H and O–H groups in total. The minimum atomic E-state index is -1.53. The zero-order valence-corrected chi connectivity index (χ0v) is 25.1. The lowest BCUT2D eigenvalue weighted by molar-refractivity contribution is -0.230. The average molecular weight is 641 g/mol. The maximum absolute atomic E-state index is 12.4. The molecule has 12 heteroatoms. The number of hydrogen-bond acceptors (Lipinski definition) is 12. The Morgan fingerprint density at radius 3 is 2.09 bits per heavy atom. The fourth-order valence-corrected chi connectivity index (χ4v) is 7.27. The van der Waals surface area contributed by atoms with E-state index < -0.39 is 79.7 Å². The normalized spacial score (nSPS) is 37.1. The molecule has 0 aromatic heterocycles. The molecule has 2 aromatic rings. The third kappa shape index (κ3) is 5.86. The van der Waals surface area contributed by atoms with Crippen molar-refractivity contribution in [3.8, 4) is 23.0 Å². The van der Waals surface area contributed by atoms with Crippen LogP contribution in [0.1, 0.15) is 47.9 Å². The summed E-state index contributed by atoms with van der Waals surface area (Å²) in [6.45, 7) is -0.807. The Balaban J connectivity index is 1.29. The van der Waals surface area contributed by atoms with Crippen LogP contribution in [0.3, 0.4) is 0 Å². The van der Waals surface area contributed by atoms with Crippen LogP contribution in [0.2, 0.25) is 0 Å². The Labute approximate surface area is 265 Å². The zero-order chi connectivity index (χ0) is 32.7. The van der Waals surface area contributed by atoms with Gasteiger partial charge < -0.3 is 55.1 Å². The maximum Gasteiger partial charge on any atom is 0.305 e. The number of carbonyl (C=O) groups is 1. The lowest BCUT2D eigenvalue weighted by Crippen LogP contribution is -2.58. The number of fused-ring (bicyclic) bond motifs is 5. The molecule has 1 aliphatic carbocycles. The third-order valence-electron chi connectivity index (χ3n) is 9.93. The average Bonchev–Trinajstić information content (AvgIpc) is 3.16. The molecule has 0 saturated carbocycles. The Bertz CT molecular complexity index is 1500. The van der Waals surface area contributed by atoms with Crippen molar-refractivity contribution in [3.63, 3.8) is 0 Å². The van der Waals surface area contributed by atoms with E-state index in [9.17, 15) is 45.6 Å². The van der Waals surface area contributed by atoms with Gasteiger partial charge in [0.05, 0.1) is 25.9 Å². The molecule has 1 spiro atoms. The lowest BCUT2D eigenvalue weighted by atomic mass is 9.72. The fourth-order valence-electron chi connectivity index (χ4n) is 7.27. The number of aliphatic hydroxyl groups excluding tert-OH is 8. The number of cyclic esters (lactones) is 1. The molecule has 11 atom stereocenters. The van der Waals surface area contributed by atoms with E-state index >= 15 is 0 Å². The first kappa shape index (κ1) is 33.0. The van der Waals surface area contributed by atoms with E-state index in [0.29, 0.717) is 31.2 Å². The number of aliphatic hydroxyl groups is 8. The monoisotopic (exact) mass is 640 g/mol. The van der Waals surface area contributed by atoms with Gasteiger partial charge >= 0.3 is 5.97 Å². The van der Waals surface area contributed by atoms with Crippen LogP contribution < -0.4 is 0 Å². The van der Waals surface area contributed by atoms with Crippen LogP contribution >= 0.6 is 0 Å². The van der Waals surface area contributed by atoms with Crippen molar-refractivity contribution in [2.75, 3.05) is 19.8 Å². The van der Waals surface area contributed by atoms with Crippen molar-refractivity contribution in [2.45, 2.75) is 98.6 Å². The molecule has 1 unspecified atom stereocenters. The summed E-state index contributed by atoms with van der Waals surface area (Å²) in [5.74, 6) is 5.57. The summed E-state index contributed by atoms with van der Waals surface area (Å²) in [4.78, 5) is 12.4. The van der Waals surface area contributed by atoms with Gasteiger partial charge in [0.15, 0.2) is 0 Å². The van der Waals surface area contributed by atoms with Gasteiger partial charge in [0.2, 0.25) is 0 Å². The number of rotatable bonds is 5. The standard InChI is InChI=1S/C34H40O12/c35-15-25-30(40)32(42)28(38)23(45-25)7-3-17-1-5-19-20-6-2-18(4-8-24-29(39)33(43)31(41)26(16-36)46-24)14-22(20)34(21(19)13-17)10-9-27(37)44-12-11-34/h1-2,5-6,13-14,23-26,28-33,35-36,38-43H,3,7,9-12,15-16H2/t23-,24-,25-,26-,28-,29-,30-,31-,32-,33-,34?/m1/s1. The minimum absolute atomic E-state index is 0.217. The predicted octanol–water partition coefficient (Wildman–Crippen LogP) is -1.35. The predicted molar refractivity (Wildman–Crippen MR) is 160 cm³/mol. The van der Waals surface area contributed by atoms with Crippen LogP contribution in [-0.4, -0.2) is 128 Å². The number of hydrogen-bond donors (Lipinski definition) is 8. The highest BCUT2D eigenvalue weighted by Gasteiger charge is 2.46. The molecule has 0 bridgehead atoms. The Kier molecular flexibility index (Phi) is 9.53. The first-order valence-electron chi connectivity index (χ1n) is 15.6. The van der Waals surface area contributed by atoms with Crippen molar-refractivity contribution in [2.24, 2.45) is 0 Å². The number of benzene rings is 2. The SMILES string of the molecule is O=C1CCC2(CCO1)c1cc(C#C[C@H]3O[C@H](CO)[C@@H](O)[C@H](O)[C@@H]3O)ccc1-c1ccc(CC[C@H]3O[C@H](CO)[C@@H](O)[C@H](O)[C@@H]3O)cc12. The van der Waals surface area contributed by atoms with E-state index in [4.69, 9.17) is 14.2 Å². The van der Waals surface area contributed by atoms with Gasteiger partial charge in [0.1, 0.15) is 54.9 Å². The van der Waals surface area contributed by atoms with Gasteiger partial charge in [-0.05, 0) is 65.6 Å². The van der Waals surface area contributed by atoms with E-state index in [-0.39, 0.29) is 19.0 Å². The number of ether oxygens (including phenoxy) is 3. The zero-order valence-electron chi connectivity index (χ0n) is 25.1. The molecule has 3 aliphatic heterocycles. The van der Waals surface area contributed by atoms with Crippen molar-refractivity contribution in [1.82, 2.24) is 0 Å². The molecule has 2 aromatic carbocycles. The summed E-state index contributed by atoms with van der Waals surface area (Å²) in [5.41, 5.74) is 5.01. The van der Waals surface area contributed by atoms with E-state index in [1.807, 2.05) is 30.3 Å². The summed E-state index contributed by atoms with van der Waals surface area (Å²) >= 11 is 0. The van der Waals surface area contributed by atoms with Gasteiger partial charge in [0, 0.05) is 17.4 Å². The van der Waals surface area contributed by atoms with Crippen LogP contribution in [0, 0.1) is 11.8 Å². The van der Waals surface area contributed by atoms with Gasteiger partial charge in [-0.25, -0.2) is 0 Å². The first-order valence-corrected chi connectivity index (χ1v) is 15.6. The molecule has 4 aliphatic rings. The maximum atomic E-state index is 12.4. The lowest BCUT2D eigenvalue weighted by Gasteiger charge is -2.40. The molecule has 12 nitrogen and oxygen atoms in total. The molecule has 3 saturated heterocycles. The molecule has 6 rings (SSSR count). The molecule has 46 heavy (non-hydrogen) atoms. The molecule has 248 valence electrons. The quantitative estimate of drug-likeness (QED) is 0.141. The van der Waals surface area contributed by atoms with Crippen molar-refractivity contribution in [3.05, 3.63) is 58.7 Å². The Morgan fingerprint density at radius 2 is 1.37 bits per heavy atom. The van der Waals surface area contributed by atoms with Gasteiger partial charge in [-0.3, -0.25) is 4.79 Å². The van der Waals surface area contributed by atoms with Crippen molar-refractivity contribution < 1.29 is 59.9 Å². The van der Waals surface area contributed by atoms with Gasteiger partial charge in [0.25, 0.3) is 0 Å². The summed E-state index contributed by atoms with van der Waals surface area (Å²) in [7, 11) is 0. The van der Waals surface area contributed by atoms with E-state index in [0.717, 1.165) is 27.8 Å². The number of aryl methyl sites for hydroxylation is 1. The highest BCUT2D eigenvalue weighted by Crippen LogP contribution is 2.54. The van der Waals surface area contributed by atoms with Gasteiger partial charge in [-0.2, -0.15) is 0 Å². The summed E-state index contributed by atoms with van der Waals surface area (Å²) in [6, 6.07) is 11.9. The van der Waals surface area contributed by atoms with Crippen LogP contribution in [-0.2, 0) is 30.8 Å². The van der Waals surface area contributed by atoms with Crippen LogP contribution in [0.15, 0.2) is 36.4 Å². The van der Waals surface area contributed by atoms with E-state index in [1.54, 1.807) is 0 Å². The largest absolute Gasteiger partial charge is 0.466 e. The van der Waals surface area contributed by atoms with Crippen LogP contribution in [0.5, 0.6) is 0 Å². The second-order valence-corrected chi connectivity index (χ2v) is 12.6. The molecule has 0 radical (unpaired) electrons. The van der Waals surface area contributed by atoms with Crippen LogP contribution in [0.25, 0.3) is 11.1 Å². The highest BCUT2D eigenvalue weighted by molar-refractivity contribution is 5.83. The van der Waals surface area contributed by atoms with Gasteiger partial charge in [-0.1, -0.05) is 36.1 Å².